The molecule has 1 N–H and O–H groups in total. The number of benzene rings is 1. The number of hydrogen-bond acceptors (Lipinski definition) is 5. The molecule has 0 saturated heterocycles. The molecule has 1 aliphatic heterocycles. The van der Waals surface area contributed by atoms with E-state index in [0.717, 1.165) is 0 Å². The molecule has 1 aromatic heterocycles. The summed E-state index contributed by atoms with van der Waals surface area (Å²) < 4.78 is 20.3. The predicted octanol–water partition coefficient (Wildman–Crippen LogP) is 1.65. The summed E-state index contributed by atoms with van der Waals surface area (Å²) in [4.78, 5) is 15.7. The van der Waals surface area contributed by atoms with Crippen molar-refractivity contribution >= 4 is 5.82 Å². The van der Waals surface area contributed by atoms with Gasteiger partial charge in [0.15, 0.2) is 0 Å². The molecule has 2 aromatic rings. The average Bonchev–Trinajstić information content (AvgIpc) is 2.87. The van der Waals surface area contributed by atoms with E-state index in [1.165, 1.54) is 18.2 Å². The highest BCUT2D eigenvalue weighted by Gasteiger charge is 2.19. The first kappa shape index (κ1) is 14.1. The van der Waals surface area contributed by atoms with Crippen molar-refractivity contribution in [2.45, 2.75) is 26.1 Å². The second-order valence-corrected chi connectivity index (χ2v) is 5.13. The van der Waals surface area contributed by atoms with Gasteiger partial charge in [-0.05, 0) is 24.6 Å². The zero-order valence-corrected chi connectivity index (χ0v) is 11.8. The van der Waals surface area contributed by atoms with Crippen molar-refractivity contribution in [1.29, 1.82) is 5.26 Å². The Morgan fingerprint density at radius 3 is 3.14 bits per heavy atom. The number of halogens is 1. The van der Waals surface area contributed by atoms with Crippen LogP contribution in [0.3, 0.4) is 0 Å². The fourth-order valence-electron chi connectivity index (χ4n) is 2.33. The lowest BCUT2D eigenvalue weighted by molar-refractivity contribution is 0.291. The van der Waals surface area contributed by atoms with Crippen LogP contribution < -0.4 is 15.7 Å². The molecule has 0 bridgehead atoms. The molecule has 1 aliphatic rings. The lowest BCUT2D eigenvalue weighted by atomic mass is 10.1. The summed E-state index contributed by atoms with van der Waals surface area (Å²) in [7, 11) is 0. The Bertz CT molecular complexity index is 825. The first-order valence-corrected chi connectivity index (χ1v) is 6.76. The van der Waals surface area contributed by atoms with Crippen LogP contribution in [-0.2, 0) is 13.2 Å². The molecule has 0 unspecified atom stereocenters. The maximum absolute atomic E-state index is 13.2. The standard InChI is InChI=1S/C15H13FN4O2/c1-9-7-20-13(18-9)5-14(19-15(20)21)22-8-10-2-3-12(16)11(4-10)6-17/h2-5,9,18H,7-8H2,1H3/t9-/m0/s1. The first-order valence-electron chi connectivity index (χ1n) is 6.76. The second kappa shape index (κ2) is 5.48. The molecule has 6 nitrogen and oxygen atoms in total. The van der Waals surface area contributed by atoms with E-state index in [-0.39, 0.29) is 29.8 Å². The number of rotatable bonds is 3. The van der Waals surface area contributed by atoms with Crippen molar-refractivity contribution in [2.75, 3.05) is 5.32 Å². The summed E-state index contributed by atoms with van der Waals surface area (Å²) in [6.07, 6.45) is 0. The highest BCUT2D eigenvalue weighted by molar-refractivity contribution is 5.43. The van der Waals surface area contributed by atoms with E-state index < -0.39 is 5.82 Å². The summed E-state index contributed by atoms with van der Waals surface area (Å²) in [5, 5.41) is 12.0. The maximum Gasteiger partial charge on any atom is 0.352 e. The van der Waals surface area contributed by atoms with Crippen LogP contribution in [0.5, 0.6) is 5.88 Å². The molecule has 0 amide bonds. The minimum atomic E-state index is -0.571. The van der Waals surface area contributed by atoms with E-state index in [2.05, 4.69) is 10.3 Å². The largest absolute Gasteiger partial charge is 0.473 e. The number of fused-ring (bicyclic) bond motifs is 1. The number of ether oxygens (including phenoxy) is 1. The van der Waals surface area contributed by atoms with Crippen LogP contribution in [0.4, 0.5) is 10.2 Å². The van der Waals surface area contributed by atoms with Gasteiger partial charge in [0, 0.05) is 18.7 Å². The van der Waals surface area contributed by atoms with Gasteiger partial charge in [0.05, 0.1) is 5.56 Å². The molecule has 1 atom stereocenters. The Morgan fingerprint density at radius 2 is 2.36 bits per heavy atom. The monoisotopic (exact) mass is 300 g/mol. The molecule has 0 spiro atoms. The van der Waals surface area contributed by atoms with Gasteiger partial charge in [-0.1, -0.05) is 6.07 Å². The lowest BCUT2D eigenvalue weighted by Crippen LogP contribution is -2.22. The highest BCUT2D eigenvalue weighted by Crippen LogP contribution is 2.20. The topological polar surface area (TPSA) is 79.9 Å². The van der Waals surface area contributed by atoms with Gasteiger partial charge < -0.3 is 10.1 Å². The summed E-state index contributed by atoms with van der Waals surface area (Å²) in [6, 6.07) is 7.74. The van der Waals surface area contributed by atoms with E-state index >= 15 is 0 Å². The predicted molar refractivity (Wildman–Crippen MR) is 77.0 cm³/mol. The number of hydrogen-bond donors (Lipinski definition) is 1. The number of anilines is 1. The average molecular weight is 300 g/mol. The maximum atomic E-state index is 13.2. The van der Waals surface area contributed by atoms with Gasteiger partial charge in [0.1, 0.15) is 24.3 Å². The molecular formula is C15H13FN4O2. The Hall–Kier alpha value is -2.88. The normalized spacial score (nSPS) is 15.8. The molecule has 0 aliphatic carbocycles. The van der Waals surface area contributed by atoms with Gasteiger partial charge in [0.2, 0.25) is 5.88 Å². The van der Waals surface area contributed by atoms with Gasteiger partial charge in [-0.15, -0.1) is 0 Å². The summed E-state index contributed by atoms with van der Waals surface area (Å²) >= 11 is 0. The molecule has 1 aromatic carbocycles. The third-order valence-electron chi connectivity index (χ3n) is 3.38. The van der Waals surface area contributed by atoms with Crippen LogP contribution in [0.15, 0.2) is 29.1 Å². The van der Waals surface area contributed by atoms with Crippen LogP contribution >= 0.6 is 0 Å². The van der Waals surface area contributed by atoms with Gasteiger partial charge in [-0.3, -0.25) is 4.57 Å². The van der Waals surface area contributed by atoms with Gasteiger partial charge in [-0.2, -0.15) is 10.2 Å². The second-order valence-electron chi connectivity index (χ2n) is 5.13. The van der Waals surface area contributed by atoms with Crippen molar-refractivity contribution < 1.29 is 9.13 Å². The molecule has 0 radical (unpaired) electrons. The van der Waals surface area contributed by atoms with Crippen LogP contribution in [0, 0.1) is 17.1 Å². The zero-order chi connectivity index (χ0) is 15.7. The molecule has 3 rings (SSSR count). The molecule has 0 fully saturated rings. The van der Waals surface area contributed by atoms with Crippen LogP contribution in [0.25, 0.3) is 0 Å². The van der Waals surface area contributed by atoms with Gasteiger partial charge in [-0.25, -0.2) is 9.18 Å². The Balaban J connectivity index is 1.78. The fourth-order valence-corrected chi connectivity index (χ4v) is 2.33. The van der Waals surface area contributed by atoms with Crippen LogP contribution in [0.2, 0.25) is 0 Å². The van der Waals surface area contributed by atoms with E-state index in [0.29, 0.717) is 17.9 Å². The first-order chi connectivity index (χ1) is 10.6. The van der Waals surface area contributed by atoms with E-state index in [1.807, 2.05) is 6.92 Å². The minimum absolute atomic E-state index is 0.0430. The van der Waals surface area contributed by atoms with Crippen LogP contribution in [-0.4, -0.2) is 15.6 Å². The SMILES string of the molecule is C[C@H]1Cn2c(cc(OCc3ccc(F)c(C#N)c3)nc2=O)N1. The van der Waals surface area contributed by atoms with E-state index in [1.54, 1.807) is 16.7 Å². The Morgan fingerprint density at radius 1 is 1.55 bits per heavy atom. The quantitative estimate of drug-likeness (QED) is 0.932. The molecular weight excluding hydrogens is 287 g/mol. The number of nitrogens with zero attached hydrogens (tertiary/aromatic N) is 3. The number of nitrogens with one attached hydrogen (secondary N) is 1. The third-order valence-corrected chi connectivity index (χ3v) is 3.38. The number of aromatic nitrogens is 2. The fraction of sp³-hybridized carbons (Fsp3) is 0.267. The lowest BCUT2D eigenvalue weighted by Gasteiger charge is -2.08. The highest BCUT2D eigenvalue weighted by atomic mass is 19.1. The number of nitriles is 1. The minimum Gasteiger partial charge on any atom is -0.473 e. The molecule has 0 saturated carbocycles. The van der Waals surface area contributed by atoms with Gasteiger partial charge >= 0.3 is 5.69 Å². The smallest absolute Gasteiger partial charge is 0.352 e. The summed E-state index contributed by atoms with van der Waals surface area (Å²) in [6.45, 7) is 2.64. The summed E-state index contributed by atoms with van der Waals surface area (Å²) in [5.41, 5.74) is 0.210. The van der Waals surface area contributed by atoms with E-state index in [4.69, 9.17) is 10.00 Å². The molecule has 2 heterocycles. The molecule has 22 heavy (non-hydrogen) atoms. The molecule has 112 valence electrons. The van der Waals surface area contributed by atoms with Gasteiger partial charge in [0.25, 0.3) is 0 Å². The Kier molecular flexibility index (Phi) is 3.51. The third kappa shape index (κ3) is 2.63. The van der Waals surface area contributed by atoms with Crippen molar-refractivity contribution in [3.63, 3.8) is 0 Å². The van der Waals surface area contributed by atoms with Crippen molar-refractivity contribution in [3.05, 3.63) is 51.7 Å². The summed E-state index contributed by atoms with van der Waals surface area (Å²) in [5.74, 6) is 0.290. The van der Waals surface area contributed by atoms with Crippen molar-refractivity contribution in [2.24, 2.45) is 0 Å². The van der Waals surface area contributed by atoms with Crippen molar-refractivity contribution in [1.82, 2.24) is 9.55 Å². The zero-order valence-electron chi connectivity index (χ0n) is 11.8. The molecule has 7 heteroatoms. The Labute approximate surface area is 125 Å². The van der Waals surface area contributed by atoms with E-state index in [9.17, 15) is 9.18 Å². The van der Waals surface area contributed by atoms with Crippen molar-refractivity contribution in [3.8, 4) is 11.9 Å². The van der Waals surface area contributed by atoms with Crippen LogP contribution in [0.1, 0.15) is 18.1 Å².